The Morgan fingerprint density at radius 3 is 2.56 bits per heavy atom. The van der Waals surface area contributed by atoms with E-state index >= 15 is 0 Å². The zero-order valence-corrected chi connectivity index (χ0v) is 11.0. The first-order valence-electron chi connectivity index (χ1n) is 5.38. The maximum Gasteiger partial charge on any atom is 0.331 e. The number of benzene rings is 1. The number of rotatable bonds is 5. The summed E-state index contributed by atoms with van der Waals surface area (Å²) in [4.78, 5) is 10.8. The minimum Gasteiger partial charge on any atom is -0.478 e. The Hall–Kier alpha value is -1.66. The van der Waals surface area contributed by atoms with Crippen molar-refractivity contribution < 1.29 is 18.3 Å². The van der Waals surface area contributed by atoms with Crippen LogP contribution in [0.3, 0.4) is 0 Å². The number of hydrogen-bond donors (Lipinski definition) is 2. The van der Waals surface area contributed by atoms with Gasteiger partial charge in [0.2, 0.25) is 10.0 Å². The van der Waals surface area contributed by atoms with Crippen molar-refractivity contribution in [2.75, 3.05) is 6.54 Å². The minimum absolute atomic E-state index is 0.0763. The average Bonchev–Trinajstić information content (AvgIpc) is 2.29. The van der Waals surface area contributed by atoms with Gasteiger partial charge in [-0.05, 0) is 24.6 Å². The van der Waals surface area contributed by atoms with Crippen LogP contribution >= 0.6 is 0 Å². The molecule has 0 amide bonds. The largest absolute Gasteiger partial charge is 0.478 e. The summed E-state index contributed by atoms with van der Waals surface area (Å²) < 4.78 is 26.2. The van der Waals surface area contributed by atoms with Crippen LogP contribution < -0.4 is 4.72 Å². The number of carboxylic acid groups (broad SMARTS) is 1. The molecule has 1 rings (SSSR count). The highest BCUT2D eigenvalue weighted by molar-refractivity contribution is 7.89. The Balaban J connectivity index is 3.32. The monoisotopic (exact) mass is 269 g/mol. The molecule has 6 heteroatoms. The second-order valence-electron chi connectivity index (χ2n) is 3.67. The van der Waals surface area contributed by atoms with Crippen molar-refractivity contribution in [2.24, 2.45) is 0 Å². The Kier molecular flexibility index (Phi) is 4.63. The minimum atomic E-state index is -3.60. The molecule has 0 aliphatic rings. The van der Waals surface area contributed by atoms with E-state index in [-0.39, 0.29) is 17.0 Å². The molecule has 0 saturated carbocycles. The lowest BCUT2D eigenvalue weighted by Crippen LogP contribution is -2.23. The van der Waals surface area contributed by atoms with E-state index in [9.17, 15) is 13.2 Å². The first kappa shape index (κ1) is 14.4. The van der Waals surface area contributed by atoms with Crippen LogP contribution in [0.15, 0.2) is 34.7 Å². The van der Waals surface area contributed by atoms with Crippen molar-refractivity contribution in [3.8, 4) is 0 Å². The molecule has 0 fully saturated rings. The average molecular weight is 269 g/mol. The van der Waals surface area contributed by atoms with Crippen LogP contribution in [0.1, 0.15) is 19.4 Å². The van der Waals surface area contributed by atoms with E-state index in [2.05, 4.69) is 4.72 Å². The van der Waals surface area contributed by atoms with Crippen molar-refractivity contribution >= 4 is 22.1 Å². The molecule has 0 aliphatic heterocycles. The molecule has 0 saturated heterocycles. The summed E-state index contributed by atoms with van der Waals surface area (Å²) in [5.74, 6) is -1.08. The third-order valence-electron chi connectivity index (χ3n) is 2.25. The van der Waals surface area contributed by atoms with Gasteiger partial charge in [-0.2, -0.15) is 0 Å². The van der Waals surface area contributed by atoms with Gasteiger partial charge in [0, 0.05) is 12.1 Å². The molecule has 98 valence electrons. The first-order chi connectivity index (χ1) is 8.38. The third-order valence-corrected chi connectivity index (χ3v) is 3.87. The van der Waals surface area contributed by atoms with Gasteiger partial charge in [0.25, 0.3) is 0 Å². The SMILES string of the molecule is CCNS(=O)(=O)c1ccccc1/C=C(\C)C(=O)O. The summed E-state index contributed by atoms with van der Waals surface area (Å²) in [6.07, 6.45) is 1.34. The van der Waals surface area contributed by atoms with Gasteiger partial charge in [-0.15, -0.1) is 0 Å². The second kappa shape index (κ2) is 5.79. The summed E-state index contributed by atoms with van der Waals surface area (Å²) >= 11 is 0. The molecule has 0 radical (unpaired) electrons. The van der Waals surface area contributed by atoms with Gasteiger partial charge in [0.1, 0.15) is 0 Å². The van der Waals surface area contributed by atoms with Crippen molar-refractivity contribution in [1.82, 2.24) is 4.72 Å². The number of carboxylic acids is 1. The Morgan fingerprint density at radius 2 is 2.00 bits per heavy atom. The molecule has 2 N–H and O–H groups in total. The molecular weight excluding hydrogens is 254 g/mol. The van der Waals surface area contributed by atoms with E-state index in [1.165, 1.54) is 19.1 Å². The smallest absolute Gasteiger partial charge is 0.331 e. The highest BCUT2D eigenvalue weighted by Gasteiger charge is 2.16. The highest BCUT2D eigenvalue weighted by atomic mass is 32.2. The fraction of sp³-hybridized carbons (Fsp3) is 0.250. The topological polar surface area (TPSA) is 83.5 Å². The Labute approximate surface area is 106 Å². The van der Waals surface area contributed by atoms with Crippen molar-refractivity contribution in [1.29, 1.82) is 0 Å². The molecule has 0 atom stereocenters. The van der Waals surface area contributed by atoms with Crippen LogP contribution in [0, 0.1) is 0 Å². The maximum absolute atomic E-state index is 11.9. The summed E-state index contributed by atoms with van der Waals surface area (Å²) in [5, 5.41) is 8.81. The van der Waals surface area contributed by atoms with Crippen LogP contribution in [0.4, 0.5) is 0 Å². The molecule has 0 aliphatic carbocycles. The summed E-state index contributed by atoms with van der Waals surface area (Å²) in [5.41, 5.74) is 0.437. The number of hydrogen-bond acceptors (Lipinski definition) is 3. The molecule has 18 heavy (non-hydrogen) atoms. The predicted octanol–water partition coefficient (Wildman–Crippen LogP) is 1.47. The van der Waals surface area contributed by atoms with E-state index in [1.807, 2.05) is 0 Å². The van der Waals surface area contributed by atoms with Crippen molar-refractivity contribution in [3.05, 3.63) is 35.4 Å². The van der Waals surface area contributed by atoms with Gasteiger partial charge < -0.3 is 5.11 Å². The summed E-state index contributed by atoms with van der Waals surface area (Å²) in [7, 11) is -3.60. The fourth-order valence-electron chi connectivity index (χ4n) is 1.41. The number of carbonyl (C=O) groups is 1. The number of aliphatic carboxylic acids is 1. The highest BCUT2D eigenvalue weighted by Crippen LogP contribution is 2.18. The lowest BCUT2D eigenvalue weighted by atomic mass is 10.1. The number of sulfonamides is 1. The fourth-order valence-corrected chi connectivity index (χ4v) is 2.64. The van der Waals surface area contributed by atoms with Crippen molar-refractivity contribution in [2.45, 2.75) is 18.7 Å². The van der Waals surface area contributed by atoms with Gasteiger partial charge >= 0.3 is 5.97 Å². The summed E-state index contributed by atoms with van der Waals surface area (Å²) in [6, 6.07) is 6.26. The van der Waals surface area contributed by atoms with E-state index in [1.54, 1.807) is 25.1 Å². The molecule has 5 nitrogen and oxygen atoms in total. The molecule has 0 aromatic heterocycles. The van der Waals surface area contributed by atoms with Gasteiger partial charge in [0.05, 0.1) is 4.90 Å². The lowest BCUT2D eigenvalue weighted by Gasteiger charge is -2.08. The van der Waals surface area contributed by atoms with Gasteiger partial charge in [0.15, 0.2) is 0 Å². The van der Waals surface area contributed by atoms with Crippen molar-refractivity contribution in [3.63, 3.8) is 0 Å². The molecule has 0 unspecified atom stereocenters. The van der Waals surface area contributed by atoms with E-state index < -0.39 is 16.0 Å². The van der Waals surface area contributed by atoms with E-state index in [0.29, 0.717) is 5.56 Å². The molecular formula is C12H15NO4S. The van der Waals surface area contributed by atoms with Gasteiger partial charge in [-0.3, -0.25) is 0 Å². The number of nitrogens with one attached hydrogen (secondary N) is 1. The first-order valence-corrected chi connectivity index (χ1v) is 6.87. The summed E-state index contributed by atoms with van der Waals surface area (Å²) in [6.45, 7) is 3.37. The third kappa shape index (κ3) is 3.41. The Morgan fingerprint density at radius 1 is 1.39 bits per heavy atom. The molecule has 0 heterocycles. The van der Waals surface area contributed by atoms with E-state index in [0.717, 1.165) is 0 Å². The van der Waals surface area contributed by atoms with E-state index in [4.69, 9.17) is 5.11 Å². The lowest BCUT2D eigenvalue weighted by molar-refractivity contribution is -0.132. The molecule has 1 aromatic carbocycles. The van der Waals surface area contributed by atoms with Crippen LogP contribution in [-0.4, -0.2) is 26.0 Å². The zero-order valence-electron chi connectivity index (χ0n) is 10.2. The van der Waals surface area contributed by atoms with Gasteiger partial charge in [-0.1, -0.05) is 25.1 Å². The van der Waals surface area contributed by atoms with Crippen LogP contribution in [0.25, 0.3) is 6.08 Å². The maximum atomic E-state index is 11.9. The van der Waals surface area contributed by atoms with Crippen LogP contribution in [0.5, 0.6) is 0 Å². The second-order valence-corrected chi connectivity index (χ2v) is 5.41. The quantitative estimate of drug-likeness (QED) is 0.793. The molecule has 1 aromatic rings. The van der Waals surface area contributed by atoms with Gasteiger partial charge in [-0.25, -0.2) is 17.9 Å². The zero-order chi connectivity index (χ0) is 13.8. The normalized spacial score (nSPS) is 12.4. The molecule has 0 spiro atoms. The Bertz CT molecular complexity index is 575. The van der Waals surface area contributed by atoms with Crippen LogP contribution in [0.2, 0.25) is 0 Å². The van der Waals surface area contributed by atoms with Crippen LogP contribution in [-0.2, 0) is 14.8 Å². The standard InChI is InChI=1S/C12H15NO4S/c1-3-13-18(16,17)11-7-5-4-6-10(11)8-9(2)12(14)15/h4-8,13H,3H2,1-2H3,(H,14,15)/b9-8+. The molecule has 0 bridgehead atoms. The predicted molar refractivity (Wildman–Crippen MR) is 68.6 cm³/mol.